The summed E-state index contributed by atoms with van der Waals surface area (Å²) in [6.45, 7) is 4.64. The van der Waals surface area contributed by atoms with E-state index in [4.69, 9.17) is 27.9 Å². The summed E-state index contributed by atoms with van der Waals surface area (Å²) in [4.78, 5) is 12.2. The van der Waals surface area contributed by atoms with Crippen molar-refractivity contribution in [1.82, 2.24) is 5.32 Å². The number of hydrogen-bond donors (Lipinski definition) is 1. The molecule has 0 aromatic heterocycles. The Hall–Kier alpha value is -0.930. The molecule has 0 bridgehead atoms. The Morgan fingerprint density at radius 2 is 2.00 bits per heavy atom. The van der Waals surface area contributed by atoms with Gasteiger partial charge in [-0.05, 0) is 24.1 Å². The highest BCUT2D eigenvalue weighted by atomic mass is 35.5. The van der Waals surface area contributed by atoms with E-state index < -0.39 is 0 Å². The molecule has 1 aromatic rings. The van der Waals surface area contributed by atoms with Crippen molar-refractivity contribution >= 4 is 29.1 Å². The van der Waals surface area contributed by atoms with Gasteiger partial charge in [-0.15, -0.1) is 11.6 Å². The topological polar surface area (TPSA) is 38.3 Å². The fourth-order valence-corrected chi connectivity index (χ4v) is 2.72. The van der Waals surface area contributed by atoms with Crippen molar-refractivity contribution in [2.24, 2.45) is 5.92 Å². The maximum Gasteiger partial charge on any atom is 0.255 e. The second-order valence-electron chi connectivity index (χ2n) is 4.65. The molecule has 0 aliphatic carbocycles. The van der Waals surface area contributed by atoms with E-state index in [0.29, 0.717) is 28.8 Å². The molecule has 1 rings (SSSR count). The molecular formula is C15H21Cl2NO2. The standard InChI is InChI=1S/C15H21Cl2NO2/c1-4-10(5-2)13(17)9-18-15(19)12-8-11(16)6-7-14(12)20-3/h6-8,10,13H,4-5,9H2,1-3H3,(H,18,19). The molecule has 1 aromatic carbocycles. The molecule has 0 saturated heterocycles. The van der Waals surface area contributed by atoms with E-state index in [1.54, 1.807) is 18.2 Å². The summed E-state index contributed by atoms with van der Waals surface area (Å²) in [6.07, 6.45) is 2.00. The van der Waals surface area contributed by atoms with Gasteiger partial charge in [-0.2, -0.15) is 0 Å². The van der Waals surface area contributed by atoms with Crippen LogP contribution in [0.2, 0.25) is 5.02 Å². The van der Waals surface area contributed by atoms with Crippen LogP contribution in [0.15, 0.2) is 18.2 Å². The largest absolute Gasteiger partial charge is 0.496 e. The zero-order valence-electron chi connectivity index (χ0n) is 12.1. The van der Waals surface area contributed by atoms with Gasteiger partial charge in [0.25, 0.3) is 5.91 Å². The number of alkyl halides is 1. The van der Waals surface area contributed by atoms with Crippen molar-refractivity contribution in [2.45, 2.75) is 32.1 Å². The normalized spacial score (nSPS) is 12.3. The van der Waals surface area contributed by atoms with Crippen LogP contribution in [0.1, 0.15) is 37.0 Å². The van der Waals surface area contributed by atoms with Crippen LogP contribution in [-0.4, -0.2) is 24.9 Å². The summed E-state index contributed by atoms with van der Waals surface area (Å²) in [5.74, 6) is 0.680. The van der Waals surface area contributed by atoms with E-state index >= 15 is 0 Å². The average molecular weight is 318 g/mol. The van der Waals surface area contributed by atoms with Crippen LogP contribution in [0.5, 0.6) is 5.75 Å². The number of ether oxygens (including phenoxy) is 1. The number of carbonyl (C=O) groups is 1. The maximum atomic E-state index is 12.2. The lowest BCUT2D eigenvalue weighted by Gasteiger charge is -2.19. The first-order chi connectivity index (χ1) is 9.53. The Labute approximate surface area is 130 Å². The minimum Gasteiger partial charge on any atom is -0.496 e. The monoisotopic (exact) mass is 317 g/mol. The number of nitrogens with one attached hydrogen (secondary N) is 1. The molecule has 0 heterocycles. The molecule has 1 atom stereocenters. The summed E-state index contributed by atoms with van der Waals surface area (Å²) in [6, 6.07) is 4.96. The van der Waals surface area contributed by atoms with Gasteiger partial charge in [-0.25, -0.2) is 0 Å². The summed E-state index contributed by atoms with van der Waals surface area (Å²) in [5, 5.41) is 3.27. The Kier molecular flexibility index (Phi) is 7.17. The number of halogens is 2. The third kappa shape index (κ3) is 4.57. The van der Waals surface area contributed by atoms with Gasteiger partial charge in [0.05, 0.1) is 18.1 Å². The Morgan fingerprint density at radius 1 is 1.35 bits per heavy atom. The summed E-state index contributed by atoms with van der Waals surface area (Å²) < 4.78 is 5.17. The van der Waals surface area contributed by atoms with Crippen molar-refractivity contribution < 1.29 is 9.53 Å². The highest BCUT2D eigenvalue weighted by molar-refractivity contribution is 6.31. The van der Waals surface area contributed by atoms with Crippen molar-refractivity contribution in [1.29, 1.82) is 0 Å². The first-order valence-electron chi connectivity index (χ1n) is 6.79. The number of benzene rings is 1. The molecule has 0 aliphatic heterocycles. The van der Waals surface area contributed by atoms with Gasteiger partial charge in [-0.1, -0.05) is 38.3 Å². The molecule has 0 saturated carbocycles. The minimum atomic E-state index is -0.221. The maximum absolute atomic E-state index is 12.2. The number of hydrogen-bond acceptors (Lipinski definition) is 2. The predicted octanol–water partition coefficient (Wildman–Crippen LogP) is 4.12. The van der Waals surface area contributed by atoms with E-state index in [1.807, 2.05) is 0 Å². The van der Waals surface area contributed by atoms with Crippen molar-refractivity contribution in [2.75, 3.05) is 13.7 Å². The molecule has 0 fully saturated rings. The second kappa shape index (κ2) is 8.38. The predicted molar refractivity (Wildman–Crippen MR) is 84.1 cm³/mol. The molecule has 5 heteroatoms. The molecule has 112 valence electrons. The fraction of sp³-hybridized carbons (Fsp3) is 0.533. The van der Waals surface area contributed by atoms with Crippen LogP contribution in [-0.2, 0) is 0 Å². The van der Waals surface area contributed by atoms with Gasteiger partial charge in [0.15, 0.2) is 0 Å². The SMILES string of the molecule is CCC(CC)C(Cl)CNC(=O)c1cc(Cl)ccc1OC. The van der Waals surface area contributed by atoms with E-state index in [2.05, 4.69) is 19.2 Å². The molecule has 20 heavy (non-hydrogen) atoms. The first-order valence-corrected chi connectivity index (χ1v) is 7.60. The minimum absolute atomic E-state index is 0.0703. The molecule has 0 spiro atoms. The molecule has 0 radical (unpaired) electrons. The van der Waals surface area contributed by atoms with Crippen molar-refractivity contribution in [3.63, 3.8) is 0 Å². The third-order valence-corrected chi connectivity index (χ3v) is 4.17. The van der Waals surface area contributed by atoms with Gasteiger partial charge < -0.3 is 10.1 Å². The summed E-state index contributed by atoms with van der Waals surface area (Å²) >= 11 is 12.2. The zero-order valence-corrected chi connectivity index (χ0v) is 13.6. The van der Waals surface area contributed by atoms with Crippen LogP contribution in [0.4, 0.5) is 0 Å². The Bertz CT molecular complexity index is 447. The number of carbonyl (C=O) groups excluding carboxylic acids is 1. The number of methoxy groups -OCH3 is 1. The van der Waals surface area contributed by atoms with Gasteiger partial charge >= 0.3 is 0 Å². The zero-order chi connectivity index (χ0) is 15.1. The van der Waals surface area contributed by atoms with Crippen LogP contribution < -0.4 is 10.1 Å². The number of rotatable bonds is 7. The Balaban J connectivity index is 2.70. The molecule has 0 aliphatic rings. The van der Waals surface area contributed by atoms with Gasteiger partial charge in [0.2, 0.25) is 0 Å². The van der Waals surface area contributed by atoms with Gasteiger partial charge in [0, 0.05) is 11.6 Å². The van der Waals surface area contributed by atoms with Crippen molar-refractivity contribution in [3.05, 3.63) is 28.8 Å². The lowest BCUT2D eigenvalue weighted by molar-refractivity contribution is 0.0948. The average Bonchev–Trinajstić information content (AvgIpc) is 2.46. The Morgan fingerprint density at radius 3 is 2.55 bits per heavy atom. The molecular weight excluding hydrogens is 297 g/mol. The lowest BCUT2D eigenvalue weighted by atomic mass is 9.99. The fourth-order valence-electron chi connectivity index (χ4n) is 2.11. The highest BCUT2D eigenvalue weighted by Crippen LogP contribution is 2.23. The van der Waals surface area contributed by atoms with Gasteiger partial charge in [0.1, 0.15) is 5.75 Å². The third-order valence-electron chi connectivity index (χ3n) is 3.42. The van der Waals surface area contributed by atoms with E-state index in [-0.39, 0.29) is 11.3 Å². The van der Waals surface area contributed by atoms with E-state index in [9.17, 15) is 4.79 Å². The number of amides is 1. The van der Waals surface area contributed by atoms with Crippen LogP contribution in [0.25, 0.3) is 0 Å². The quantitative estimate of drug-likeness (QED) is 0.768. The summed E-state index contributed by atoms with van der Waals surface area (Å²) in [5.41, 5.74) is 0.424. The molecule has 1 unspecified atom stereocenters. The molecule has 3 nitrogen and oxygen atoms in total. The van der Waals surface area contributed by atoms with E-state index in [0.717, 1.165) is 12.8 Å². The van der Waals surface area contributed by atoms with Crippen LogP contribution >= 0.6 is 23.2 Å². The molecule has 1 amide bonds. The molecule has 1 N–H and O–H groups in total. The van der Waals surface area contributed by atoms with Crippen molar-refractivity contribution in [3.8, 4) is 5.75 Å². The first kappa shape index (κ1) is 17.1. The van der Waals surface area contributed by atoms with Crippen LogP contribution in [0.3, 0.4) is 0 Å². The lowest BCUT2D eigenvalue weighted by Crippen LogP contribution is -2.33. The smallest absolute Gasteiger partial charge is 0.255 e. The second-order valence-corrected chi connectivity index (χ2v) is 5.64. The highest BCUT2D eigenvalue weighted by Gasteiger charge is 2.18. The summed E-state index contributed by atoms with van der Waals surface area (Å²) in [7, 11) is 1.52. The van der Waals surface area contributed by atoms with E-state index in [1.165, 1.54) is 7.11 Å². The van der Waals surface area contributed by atoms with Crippen LogP contribution in [0, 0.1) is 5.92 Å². The van der Waals surface area contributed by atoms with Gasteiger partial charge in [-0.3, -0.25) is 4.79 Å².